The number of nitrogens with two attached hydrogens (primary N) is 1. The Balaban J connectivity index is 2.38. The van der Waals surface area contributed by atoms with Crippen molar-refractivity contribution in [3.05, 3.63) is 35.4 Å². The van der Waals surface area contributed by atoms with E-state index in [1.165, 1.54) is 0 Å². The minimum Gasteiger partial charge on any atom is -0.330 e. The Labute approximate surface area is 100 Å². The fraction of sp³-hybridized carbons (Fsp3) is 0.538. The van der Waals surface area contributed by atoms with Crippen LogP contribution in [0.15, 0.2) is 18.2 Å². The molecule has 2 nitrogen and oxygen atoms in total. The van der Waals surface area contributed by atoms with E-state index in [9.17, 15) is 8.78 Å². The smallest absolute Gasteiger partial charge is 0.163 e. The lowest BCUT2D eigenvalue weighted by molar-refractivity contribution is 0.121. The first-order valence-corrected chi connectivity index (χ1v) is 5.99. The molecular weight excluding hydrogens is 222 g/mol. The quantitative estimate of drug-likeness (QED) is 0.859. The van der Waals surface area contributed by atoms with Crippen LogP contribution in [0.25, 0.3) is 0 Å². The Morgan fingerprint density at radius 3 is 2.88 bits per heavy atom. The molecule has 0 spiro atoms. The van der Waals surface area contributed by atoms with E-state index >= 15 is 0 Å². The zero-order valence-electron chi connectivity index (χ0n) is 10.00. The van der Waals surface area contributed by atoms with E-state index in [0.717, 1.165) is 25.5 Å². The number of hydrogen-bond donors (Lipinski definition) is 1. The van der Waals surface area contributed by atoms with Gasteiger partial charge in [-0.25, -0.2) is 8.78 Å². The minimum atomic E-state index is -0.780. The Morgan fingerprint density at radius 2 is 2.18 bits per heavy atom. The third-order valence-corrected chi connectivity index (χ3v) is 3.61. The molecule has 0 saturated carbocycles. The van der Waals surface area contributed by atoms with Crippen molar-refractivity contribution in [3.8, 4) is 0 Å². The molecule has 0 aliphatic carbocycles. The third-order valence-electron chi connectivity index (χ3n) is 3.61. The molecule has 1 aliphatic rings. The first-order valence-electron chi connectivity index (χ1n) is 5.99. The topological polar surface area (TPSA) is 29.3 Å². The van der Waals surface area contributed by atoms with Gasteiger partial charge in [-0.1, -0.05) is 12.1 Å². The summed E-state index contributed by atoms with van der Waals surface area (Å²) in [4.78, 5) is 2.07. The summed E-state index contributed by atoms with van der Waals surface area (Å²) in [7, 11) is 1.94. The zero-order valence-corrected chi connectivity index (χ0v) is 10.00. The fourth-order valence-electron chi connectivity index (χ4n) is 2.75. The van der Waals surface area contributed by atoms with Crippen LogP contribution in [0.5, 0.6) is 0 Å². The van der Waals surface area contributed by atoms with Crippen LogP contribution in [0.2, 0.25) is 0 Å². The van der Waals surface area contributed by atoms with Gasteiger partial charge in [0, 0.05) is 11.6 Å². The summed E-state index contributed by atoms with van der Waals surface area (Å²) < 4.78 is 27.1. The third kappa shape index (κ3) is 2.33. The molecule has 2 unspecified atom stereocenters. The average Bonchev–Trinajstić information content (AvgIpc) is 2.33. The molecule has 1 aromatic rings. The summed E-state index contributed by atoms with van der Waals surface area (Å²) in [6, 6.07) is 4.26. The van der Waals surface area contributed by atoms with Crippen molar-refractivity contribution in [2.24, 2.45) is 11.7 Å². The van der Waals surface area contributed by atoms with Crippen LogP contribution in [0.3, 0.4) is 0 Å². The van der Waals surface area contributed by atoms with E-state index in [2.05, 4.69) is 4.90 Å². The molecule has 4 heteroatoms. The summed E-state index contributed by atoms with van der Waals surface area (Å²) in [6.45, 7) is 1.40. The molecule has 1 aromatic carbocycles. The van der Waals surface area contributed by atoms with E-state index in [-0.39, 0.29) is 12.0 Å². The predicted octanol–water partition coefficient (Wildman–Crippen LogP) is 2.31. The van der Waals surface area contributed by atoms with Crippen molar-refractivity contribution in [2.45, 2.75) is 18.9 Å². The monoisotopic (exact) mass is 240 g/mol. The normalized spacial score (nSPS) is 26.1. The highest BCUT2D eigenvalue weighted by Gasteiger charge is 2.31. The van der Waals surface area contributed by atoms with Gasteiger partial charge in [0.1, 0.15) is 0 Å². The van der Waals surface area contributed by atoms with Gasteiger partial charge in [-0.2, -0.15) is 0 Å². The Hall–Kier alpha value is -1.00. The number of rotatable bonds is 2. The van der Waals surface area contributed by atoms with Gasteiger partial charge in [0.25, 0.3) is 0 Å². The van der Waals surface area contributed by atoms with Crippen LogP contribution in [0, 0.1) is 17.6 Å². The molecule has 1 saturated heterocycles. The molecule has 1 heterocycles. The van der Waals surface area contributed by atoms with E-state index in [1.54, 1.807) is 12.1 Å². The molecule has 0 amide bonds. The largest absolute Gasteiger partial charge is 0.330 e. The van der Waals surface area contributed by atoms with Gasteiger partial charge in [-0.15, -0.1) is 0 Å². The highest BCUT2D eigenvalue weighted by molar-refractivity contribution is 5.24. The number of hydrogen-bond acceptors (Lipinski definition) is 2. The maximum atomic E-state index is 13.8. The summed E-state index contributed by atoms with van der Waals surface area (Å²) in [6.07, 6.45) is 2.03. The van der Waals surface area contributed by atoms with Crippen molar-refractivity contribution in [1.29, 1.82) is 0 Å². The zero-order chi connectivity index (χ0) is 12.4. The van der Waals surface area contributed by atoms with Gasteiger partial charge in [0.15, 0.2) is 11.6 Å². The summed E-state index contributed by atoms with van der Waals surface area (Å²) in [5.74, 6) is -1.31. The molecule has 0 bridgehead atoms. The van der Waals surface area contributed by atoms with Crippen molar-refractivity contribution in [1.82, 2.24) is 4.90 Å². The van der Waals surface area contributed by atoms with E-state index in [0.29, 0.717) is 12.1 Å². The van der Waals surface area contributed by atoms with Crippen LogP contribution in [0.4, 0.5) is 8.78 Å². The van der Waals surface area contributed by atoms with Gasteiger partial charge in [0.05, 0.1) is 0 Å². The minimum absolute atomic E-state index is 0.107. The van der Waals surface area contributed by atoms with Crippen LogP contribution >= 0.6 is 0 Å². The van der Waals surface area contributed by atoms with Crippen molar-refractivity contribution < 1.29 is 8.78 Å². The molecule has 0 radical (unpaired) electrons. The Bertz CT molecular complexity index is 395. The van der Waals surface area contributed by atoms with Gasteiger partial charge in [-0.3, -0.25) is 4.90 Å². The van der Waals surface area contributed by atoms with E-state index < -0.39 is 11.6 Å². The van der Waals surface area contributed by atoms with Crippen molar-refractivity contribution in [2.75, 3.05) is 20.1 Å². The van der Waals surface area contributed by atoms with Gasteiger partial charge < -0.3 is 5.73 Å². The first kappa shape index (κ1) is 12.5. The summed E-state index contributed by atoms with van der Waals surface area (Å²) in [5, 5.41) is 0. The second-order valence-corrected chi connectivity index (χ2v) is 4.71. The number of piperidine rings is 1. The van der Waals surface area contributed by atoms with E-state index in [4.69, 9.17) is 5.73 Å². The van der Waals surface area contributed by atoms with Crippen LogP contribution in [-0.2, 0) is 0 Å². The van der Waals surface area contributed by atoms with Crippen LogP contribution in [-0.4, -0.2) is 25.0 Å². The Morgan fingerprint density at radius 1 is 1.41 bits per heavy atom. The average molecular weight is 240 g/mol. The lowest BCUT2D eigenvalue weighted by Gasteiger charge is -2.39. The van der Waals surface area contributed by atoms with Gasteiger partial charge >= 0.3 is 0 Å². The maximum absolute atomic E-state index is 13.8. The molecule has 17 heavy (non-hydrogen) atoms. The van der Waals surface area contributed by atoms with Crippen LogP contribution in [0.1, 0.15) is 24.4 Å². The molecule has 2 rings (SSSR count). The van der Waals surface area contributed by atoms with Crippen LogP contribution < -0.4 is 5.73 Å². The molecule has 1 aliphatic heterocycles. The molecular formula is C13H18F2N2. The first-order chi connectivity index (χ1) is 8.15. The fourth-order valence-corrected chi connectivity index (χ4v) is 2.75. The van der Waals surface area contributed by atoms with Crippen molar-refractivity contribution in [3.63, 3.8) is 0 Å². The van der Waals surface area contributed by atoms with Gasteiger partial charge in [-0.05, 0) is 45.0 Å². The summed E-state index contributed by atoms with van der Waals surface area (Å²) in [5.41, 5.74) is 6.17. The number of likely N-dealkylation sites (tertiary alicyclic amines) is 1. The molecule has 0 aromatic heterocycles. The Kier molecular flexibility index (Phi) is 3.74. The SMILES string of the molecule is CN1CCCC(CN)C1c1cccc(F)c1F. The molecule has 94 valence electrons. The standard InChI is InChI=1S/C13H18F2N2/c1-17-7-3-4-9(8-16)13(17)10-5-2-6-11(14)12(10)15/h2,5-6,9,13H,3-4,7-8,16H2,1H3. The number of nitrogens with zero attached hydrogens (tertiary/aromatic N) is 1. The lowest BCUT2D eigenvalue weighted by Crippen LogP contribution is -2.39. The van der Waals surface area contributed by atoms with E-state index in [1.807, 2.05) is 7.05 Å². The highest BCUT2D eigenvalue weighted by atomic mass is 19.2. The maximum Gasteiger partial charge on any atom is 0.163 e. The molecule has 2 atom stereocenters. The second-order valence-electron chi connectivity index (χ2n) is 4.71. The van der Waals surface area contributed by atoms with Crippen molar-refractivity contribution >= 4 is 0 Å². The second kappa shape index (κ2) is 5.10. The molecule has 1 fully saturated rings. The highest BCUT2D eigenvalue weighted by Crippen LogP contribution is 2.35. The number of halogens is 2. The predicted molar refractivity (Wildman–Crippen MR) is 63.5 cm³/mol. The van der Waals surface area contributed by atoms with Gasteiger partial charge in [0.2, 0.25) is 0 Å². The lowest BCUT2D eigenvalue weighted by atomic mass is 9.85. The molecule has 2 N–H and O–H groups in total. The number of benzene rings is 1. The summed E-state index contributed by atoms with van der Waals surface area (Å²) >= 11 is 0.